The van der Waals surface area contributed by atoms with E-state index in [1.54, 1.807) is 0 Å². The summed E-state index contributed by atoms with van der Waals surface area (Å²) < 4.78 is 87.7. The van der Waals surface area contributed by atoms with Gasteiger partial charge in [-0.2, -0.15) is 35.8 Å². The van der Waals surface area contributed by atoms with Crippen LogP contribution in [0.4, 0.5) is 30.7 Å². The molecular weight excluding hydrogens is 313 g/mol. The Hall–Kier alpha value is -2.07. The highest BCUT2D eigenvalue weighted by Crippen LogP contribution is 2.47. The Morgan fingerprint density at radius 2 is 1.76 bits per heavy atom. The molecule has 11 heteroatoms. The molecule has 0 saturated heterocycles. The minimum Gasteiger partial charge on any atom is -0.872 e. The van der Waals surface area contributed by atoms with E-state index in [4.69, 9.17) is 0 Å². The highest BCUT2D eigenvalue weighted by atomic mass is 19.4. The first-order valence-corrected chi connectivity index (χ1v) is 5.05. The molecule has 0 atom stereocenters. The summed E-state index contributed by atoms with van der Waals surface area (Å²) in [6, 6.07) is 0. The van der Waals surface area contributed by atoms with Crippen molar-refractivity contribution in [1.82, 2.24) is 9.78 Å². The number of hydrogen-bond donors (Lipinski definition) is 0. The second kappa shape index (κ2) is 5.04. The average Bonchev–Trinajstić information content (AvgIpc) is 2.74. The number of hydrogen-bond acceptors (Lipinski definition) is 3. The number of halogens is 7. The lowest BCUT2D eigenvalue weighted by Gasteiger charge is -2.26. The quantitative estimate of drug-likeness (QED) is 0.480. The lowest BCUT2D eigenvalue weighted by Crippen LogP contribution is -2.55. The first-order valence-electron chi connectivity index (χ1n) is 5.05. The zero-order chi connectivity index (χ0) is 16.6. The van der Waals surface area contributed by atoms with Gasteiger partial charge in [-0.25, -0.2) is 0 Å². The molecule has 1 aromatic rings. The Morgan fingerprint density at radius 3 is 2.14 bits per heavy atom. The third-order valence-electron chi connectivity index (χ3n) is 2.31. The van der Waals surface area contributed by atoms with Gasteiger partial charge >= 0.3 is 18.0 Å². The van der Waals surface area contributed by atoms with Crippen LogP contribution in [0.25, 0.3) is 5.76 Å². The summed E-state index contributed by atoms with van der Waals surface area (Å²) in [6.07, 6.45) is -5.37. The molecule has 118 valence electrons. The van der Waals surface area contributed by atoms with Crippen LogP contribution in [-0.4, -0.2) is 33.6 Å². The van der Waals surface area contributed by atoms with E-state index in [0.29, 0.717) is 0 Å². The van der Waals surface area contributed by atoms with Crippen LogP contribution in [-0.2, 0) is 11.8 Å². The normalized spacial score (nSPS) is 14.4. The van der Waals surface area contributed by atoms with Gasteiger partial charge in [-0.15, -0.1) is 0 Å². The molecular formula is C10H6F7N2O2-. The summed E-state index contributed by atoms with van der Waals surface area (Å²) in [5.41, 5.74) is -0.419. The Kier molecular flexibility index (Phi) is 4.08. The first kappa shape index (κ1) is 17.0. The molecule has 0 aliphatic rings. The van der Waals surface area contributed by atoms with E-state index >= 15 is 0 Å². The van der Waals surface area contributed by atoms with Crippen LogP contribution in [0, 0.1) is 0 Å². The maximum absolute atomic E-state index is 12.9. The third kappa shape index (κ3) is 3.00. The second-order valence-electron chi connectivity index (χ2n) is 3.92. The lowest BCUT2D eigenvalue weighted by atomic mass is 10.1. The third-order valence-corrected chi connectivity index (χ3v) is 2.31. The van der Waals surface area contributed by atoms with Gasteiger partial charge in [0.1, 0.15) is 0 Å². The van der Waals surface area contributed by atoms with Gasteiger partial charge in [0.2, 0.25) is 5.78 Å². The van der Waals surface area contributed by atoms with E-state index in [1.807, 2.05) is 0 Å². The number of aromatic nitrogens is 2. The summed E-state index contributed by atoms with van der Waals surface area (Å²) in [5, 5.41) is 14.7. The number of carbonyl (C=O) groups excluding carboxylic acids is 1. The molecule has 4 nitrogen and oxygen atoms in total. The molecule has 0 amide bonds. The fraction of sp³-hybridized carbons (Fsp3) is 0.400. The van der Waals surface area contributed by atoms with Crippen LogP contribution in [0.5, 0.6) is 0 Å². The van der Waals surface area contributed by atoms with E-state index in [1.165, 1.54) is 7.05 Å². The van der Waals surface area contributed by atoms with Gasteiger partial charge < -0.3 is 5.11 Å². The molecule has 0 unspecified atom stereocenters. The summed E-state index contributed by atoms with van der Waals surface area (Å²) in [7, 11) is 1.32. The van der Waals surface area contributed by atoms with Gasteiger partial charge in [-0.1, -0.05) is 5.76 Å². The van der Waals surface area contributed by atoms with E-state index in [2.05, 4.69) is 5.10 Å². The zero-order valence-electron chi connectivity index (χ0n) is 10.1. The second-order valence-corrected chi connectivity index (χ2v) is 3.92. The largest absolute Gasteiger partial charge is 0.872 e. The van der Waals surface area contributed by atoms with Crippen molar-refractivity contribution in [2.24, 2.45) is 7.05 Å². The lowest BCUT2D eigenvalue weighted by molar-refractivity contribution is -0.342. The zero-order valence-corrected chi connectivity index (χ0v) is 10.1. The molecule has 1 heterocycles. The molecule has 0 radical (unpaired) electrons. The van der Waals surface area contributed by atoms with Gasteiger partial charge in [0.15, 0.2) is 0 Å². The maximum atomic E-state index is 12.9. The minimum atomic E-state index is -6.64. The molecule has 0 bridgehead atoms. The summed E-state index contributed by atoms with van der Waals surface area (Å²) >= 11 is 0. The smallest absolute Gasteiger partial charge is 0.460 e. The predicted molar refractivity (Wildman–Crippen MR) is 52.1 cm³/mol. The van der Waals surface area contributed by atoms with Crippen molar-refractivity contribution < 1.29 is 40.6 Å². The number of alkyl halides is 7. The molecule has 0 aliphatic carbocycles. The summed E-state index contributed by atoms with van der Waals surface area (Å²) in [6.45, 7) is 0. The van der Waals surface area contributed by atoms with E-state index < -0.39 is 41.2 Å². The molecule has 1 aromatic heterocycles. The van der Waals surface area contributed by atoms with Crippen LogP contribution in [0.1, 0.15) is 5.56 Å². The average molecular weight is 319 g/mol. The monoisotopic (exact) mass is 319 g/mol. The van der Waals surface area contributed by atoms with E-state index in [9.17, 15) is 40.6 Å². The molecule has 0 aliphatic heterocycles. The Balaban J connectivity index is 3.13. The van der Waals surface area contributed by atoms with Gasteiger partial charge in [-0.3, -0.25) is 9.48 Å². The van der Waals surface area contributed by atoms with Crippen LogP contribution < -0.4 is 5.11 Å². The van der Waals surface area contributed by atoms with Crippen LogP contribution in [0.2, 0.25) is 0 Å². The number of nitrogens with zero attached hydrogens (tertiary/aromatic N) is 2. The van der Waals surface area contributed by atoms with Crippen molar-refractivity contribution in [1.29, 1.82) is 0 Å². The van der Waals surface area contributed by atoms with Gasteiger partial charge in [0, 0.05) is 18.8 Å². The Morgan fingerprint density at radius 1 is 1.24 bits per heavy atom. The van der Waals surface area contributed by atoms with Gasteiger partial charge in [-0.05, 0) is 6.08 Å². The van der Waals surface area contributed by atoms with Gasteiger partial charge in [0.25, 0.3) is 0 Å². The number of allylic oxidation sites excluding steroid dienone is 1. The Labute approximate surface area is 112 Å². The minimum absolute atomic E-state index is 0.419. The molecule has 0 aromatic carbocycles. The molecule has 0 N–H and O–H groups in total. The Bertz CT molecular complexity index is 574. The standard InChI is InChI=1S/C10H7F7N2O2/c1-19-4-5(3-18-19)6(20)2-7(21)8(11,12)9(13,14)10(15,16)17/h2-4,20H,1H3/p-1/b6-2-. The van der Waals surface area contributed by atoms with E-state index in [-0.39, 0.29) is 0 Å². The number of aryl methyl sites for hydroxylation is 1. The van der Waals surface area contributed by atoms with Crippen molar-refractivity contribution in [3.63, 3.8) is 0 Å². The molecule has 0 spiro atoms. The number of rotatable bonds is 4. The summed E-state index contributed by atoms with van der Waals surface area (Å²) in [5.74, 6) is -17.1. The highest BCUT2D eigenvalue weighted by Gasteiger charge is 2.75. The topological polar surface area (TPSA) is 58.0 Å². The maximum Gasteiger partial charge on any atom is 0.460 e. The van der Waals surface area contributed by atoms with Crippen molar-refractivity contribution in [3.05, 3.63) is 24.0 Å². The van der Waals surface area contributed by atoms with Crippen molar-refractivity contribution >= 4 is 11.5 Å². The van der Waals surface area contributed by atoms with Crippen molar-refractivity contribution in [3.8, 4) is 0 Å². The molecule has 0 fully saturated rings. The van der Waals surface area contributed by atoms with Crippen LogP contribution >= 0.6 is 0 Å². The van der Waals surface area contributed by atoms with Crippen molar-refractivity contribution in [2.45, 2.75) is 18.0 Å². The van der Waals surface area contributed by atoms with E-state index in [0.717, 1.165) is 17.1 Å². The van der Waals surface area contributed by atoms with Crippen LogP contribution in [0.3, 0.4) is 0 Å². The highest BCUT2D eigenvalue weighted by molar-refractivity contribution is 6.00. The van der Waals surface area contributed by atoms with Gasteiger partial charge in [0.05, 0.1) is 6.20 Å². The molecule has 0 saturated carbocycles. The number of carbonyl (C=O) groups is 1. The fourth-order valence-corrected chi connectivity index (χ4v) is 1.17. The predicted octanol–water partition coefficient (Wildman–Crippen LogP) is 1.52. The fourth-order valence-electron chi connectivity index (χ4n) is 1.17. The first-order chi connectivity index (χ1) is 9.30. The SMILES string of the molecule is Cn1cc(/C([O-])=C/C(=O)C(F)(F)C(F)(F)C(F)(F)F)cn1. The molecule has 21 heavy (non-hydrogen) atoms. The number of ketones is 1. The summed E-state index contributed by atoms with van der Waals surface area (Å²) in [4.78, 5) is 10.9. The van der Waals surface area contributed by atoms with Crippen LogP contribution in [0.15, 0.2) is 18.5 Å². The van der Waals surface area contributed by atoms with Crippen molar-refractivity contribution in [2.75, 3.05) is 0 Å². The molecule has 1 rings (SSSR count).